The third kappa shape index (κ3) is 11.1. The summed E-state index contributed by atoms with van der Waals surface area (Å²) in [5, 5.41) is 0.437. The first kappa shape index (κ1) is 38.2. The second kappa shape index (κ2) is 15.3. The fourth-order valence-corrected chi connectivity index (χ4v) is 6.94. The summed E-state index contributed by atoms with van der Waals surface area (Å²) >= 11 is 0.983. The number of hydrogen-bond donors (Lipinski definition) is 2. The Hall–Kier alpha value is -3.30. The maximum Gasteiger partial charge on any atom is 0.425 e. The number of halogens is 1. The predicted molar refractivity (Wildman–Crippen MR) is 173 cm³/mol. The first-order chi connectivity index (χ1) is 21.7. The van der Waals surface area contributed by atoms with E-state index in [1.54, 1.807) is 72.7 Å². The summed E-state index contributed by atoms with van der Waals surface area (Å²) in [5.41, 5.74) is -2.20. The minimum Gasteiger partial charge on any atom is -0.460 e. The number of carbonyl (C=O) groups is 3. The van der Waals surface area contributed by atoms with Crippen LogP contribution in [0.25, 0.3) is 0 Å². The van der Waals surface area contributed by atoms with E-state index >= 15 is 4.39 Å². The molecule has 3 rings (SSSR count). The number of hydrogen-bond acceptors (Lipinski definition) is 11. The van der Waals surface area contributed by atoms with Crippen LogP contribution in [0.15, 0.2) is 47.4 Å². The van der Waals surface area contributed by atoms with Crippen molar-refractivity contribution in [2.75, 3.05) is 11.5 Å². The topological polar surface area (TPSA) is 176 Å². The number of alkyl halides is 1. The second-order valence-corrected chi connectivity index (χ2v) is 15.8. The van der Waals surface area contributed by atoms with Crippen LogP contribution < -0.4 is 15.7 Å². The Bertz CT molecular complexity index is 1500. The number of imide groups is 1. The Labute approximate surface area is 276 Å². The Kier molecular flexibility index (Phi) is 12.4. The van der Waals surface area contributed by atoms with Crippen molar-refractivity contribution in [3.8, 4) is 0 Å². The fraction of sp³-hybridized carbons (Fsp3) is 0.567. The molecule has 2 heterocycles. The van der Waals surface area contributed by atoms with Crippen molar-refractivity contribution < 1.29 is 47.0 Å². The van der Waals surface area contributed by atoms with Crippen molar-refractivity contribution in [2.24, 2.45) is 5.92 Å². The van der Waals surface area contributed by atoms with Crippen molar-refractivity contribution >= 4 is 43.5 Å². The Morgan fingerprint density at radius 1 is 1.09 bits per heavy atom. The Morgan fingerprint density at radius 2 is 1.66 bits per heavy atom. The minimum atomic E-state index is -4.53. The molecule has 2 aromatic rings. The van der Waals surface area contributed by atoms with E-state index in [9.17, 15) is 28.6 Å². The van der Waals surface area contributed by atoms with Crippen LogP contribution in [0.5, 0.6) is 0 Å². The number of anilines is 1. The van der Waals surface area contributed by atoms with Gasteiger partial charge in [0.25, 0.3) is 0 Å². The summed E-state index contributed by atoms with van der Waals surface area (Å²) in [6.07, 6.45) is -2.67. The van der Waals surface area contributed by atoms with E-state index in [0.717, 1.165) is 21.9 Å². The number of rotatable bonds is 10. The molecule has 1 aliphatic heterocycles. The molecule has 1 aromatic carbocycles. The number of thioether (sulfide) groups is 1. The van der Waals surface area contributed by atoms with Crippen molar-refractivity contribution in [2.45, 2.75) is 96.0 Å². The van der Waals surface area contributed by atoms with Gasteiger partial charge in [-0.05, 0) is 60.1 Å². The molecule has 17 heteroatoms. The number of aromatic nitrogens is 2. The van der Waals surface area contributed by atoms with Gasteiger partial charge in [-0.1, -0.05) is 37.3 Å². The smallest absolute Gasteiger partial charge is 0.425 e. The van der Waals surface area contributed by atoms with Crippen molar-refractivity contribution in [1.29, 1.82) is 0 Å². The lowest BCUT2D eigenvalue weighted by Gasteiger charge is -2.28. The van der Waals surface area contributed by atoms with Gasteiger partial charge in [0, 0.05) is 17.4 Å². The average molecular weight is 701 g/mol. The molecule has 14 nitrogen and oxygen atoms in total. The molecule has 1 aromatic heterocycles. The monoisotopic (exact) mass is 700 g/mol. The highest BCUT2D eigenvalue weighted by atomic mass is 32.2. The van der Waals surface area contributed by atoms with Gasteiger partial charge in [-0.2, -0.15) is 9.88 Å². The van der Waals surface area contributed by atoms with Gasteiger partial charge in [0.2, 0.25) is 0 Å². The van der Waals surface area contributed by atoms with E-state index in [2.05, 4.69) is 10.1 Å². The normalized spacial score (nSPS) is 21.7. The zero-order valence-corrected chi connectivity index (χ0v) is 29.2. The largest absolute Gasteiger partial charge is 0.460 e. The number of esters is 1. The van der Waals surface area contributed by atoms with Gasteiger partial charge in [-0.15, -0.1) is 11.8 Å². The molecule has 1 unspecified atom stereocenters. The standard InChI is InChI=1S/C30H42FN4O10PS/c1-18-21(17-43-46(40,41)33-19(2)25(36)42-16-20-12-10-9-11-13-20)47-24(23(18)31)34-15-14-22(32-26(34)37)35(27(38)44-29(3,4)5)28(39)45-30(6,7)8/h9-15,18-19,21,23-24H,16-17H2,1-8H3,(H2,33,40,41)/t18-,19+,21-,23+,24-/m1/s1. The van der Waals surface area contributed by atoms with Gasteiger partial charge < -0.3 is 19.1 Å². The number of nitrogens with zero attached hydrogens (tertiary/aromatic N) is 3. The van der Waals surface area contributed by atoms with E-state index in [1.165, 1.54) is 19.2 Å². The number of carbonyl (C=O) groups excluding carboxylic acids is 3. The summed E-state index contributed by atoms with van der Waals surface area (Å²) in [7, 11) is -4.53. The third-order valence-electron chi connectivity index (χ3n) is 6.49. The van der Waals surface area contributed by atoms with E-state index in [-0.39, 0.29) is 19.0 Å². The molecule has 0 bridgehead atoms. The van der Waals surface area contributed by atoms with Gasteiger partial charge in [0.05, 0.1) is 6.61 Å². The summed E-state index contributed by atoms with van der Waals surface area (Å²) in [5.74, 6) is -1.89. The molecule has 0 spiro atoms. The molecule has 6 atom stereocenters. The summed E-state index contributed by atoms with van der Waals surface area (Å²) in [6, 6.07) is 8.90. The predicted octanol–water partition coefficient (Wildman–Crippen LogP) is 5.35. The van der Waals surface area contributed by atoms with Crippen LogP contribution >= 0.6 is 19.5 Å². The molecule has 2 amide bonds. The van der Waals surface area contributed by atoms with Crippen molar-refractivity contribution in [1.82, 2.24) is 14.6 Å². The van der Waals surface area contributed by atoms with Crippen LogP contribution in [0.1, 0.15) is 66.3 Å². The SMILES string of the molecule is C[C@H]1[C@H](F)[C@H](n2ccc(N(C(=O)OC(C)(C)C)C(=O)OC(C)(C)C)nc2=O)S[C@@H]1COP(=O)(O)N[C@@H](C)C(=O)OCc1ccccc1. The first-order valence-electron chi connectivity index (χ1n) is 14.8. The molecule has 47 heavy (non-hydrogen) atoms. The lowest BCUT2D eigenvalue weighted by Crippen LogP contribution is -2.45. The van der Waals surface area contributed by atoms with Crippen LogP contribution in [0.3, 0.4) is 0 Å². The second-order valence-electron chi connectivity index (χ2n) is 12.9. The maximum absolute atomic E-state index is 15.5. The van der Waals surface area contributed by atoms with Crippen molar-refractivity contribution in [3.63, 3.8) is 0 Å². The fourth-order valence-electron chi connectivity index (χ4n) is 4.21. The summed E-state index contributed by atoms with van der Waals surface area (Å²) in [6.45, 7) is 12.1. The number of nitrogens with one attached hydrogen (secondary N) is 1. The molecular formula is C30H42FN4O10PS. The van der Waals surface area contributed by atoms with Gasteiger partial charge >= 0.3 is 31.6 Å². The number of amides is 2. The molecule has 260 valence electrons. The van der Waals surface area contributed by atoms with E-state index in [1.807, 2.05) is 6.07 Å². The average Bonchev–Trinajstić information content (AvgIpc) is 3.22. The van der Waals surface area contributed by atoms with Crippen LogP contribution in [-0.4, -0.2) is 67.9 Å². The lowest BCUT2D eigenvalue weighted by molar-refractivity contribution is -0.146. The number of ether oxygens (including phenoxy) is 3. The lowest BCUT2D eigenvalue weighted by atomic mass is 10.0. The van der Waals surface area contributed by atoms with Crippen LogP contribution in [0, 0.1) is 5.92 Å². The zero-order chi connectivity index (χ0) is 35.3. The highest BCUT2D eigenvalue weighted by Gasteiger charge is 2.45. The van der Waals surface area contributed by atoms with Crippen LogP contribution in [-0.2, 0) is 34.7 Å². The highest BCUT2D eigenvalue weighted by molar-refractivity contribution is 8.00. The molecule has 0 radical (unpaired) electrons. The zero-order valence-electron chi connectivity index (χ0n) is 27.5. The molecule has 0 saturated carbocycles. The van der Waals surface area contributed by atoms with Crippen LogP contribution in [0.4, 0.5) is 19.8 Å². The third-order valence-corrected chi connectivity index (χ3v) is 9.39. The van der Waals surface area contributed by atoms with Gasteiger partial charge in [0.1, 0.15) is 35.4 Å². The highest BCUT2D eigenvalue weighted by Crippen LogP contribution is 2.48. The molecular weight excluding hydrogens is 658 g/mol. The molecule has 0 aliphatic carbocycles. The summed E-state index contributed by atoms with van der Waals surface area (Å²) in [4.78, 5) is 66.0. The van der Waals surface area contributed by atoms with E-state index in [0.29, 0.717) is 4.90 Å². The van der Waals surface area contributed by atoms with Gasteiger partial charge in [-0.3, -0.25) is 13.9 Å². The van der Waals surface area contributed by atoms with Crippen molar-refractivity contribution in [3.05, 3.63) is 58.6 Å². The Balaban J connectivity index is 1.68. The maximum atomic E-state index is 15.5. The molecule has 1 fully saturated rings. The van der Waals surface area contributed by atoms with E-state index in [4.69, 9.17) is 18.7 Å². The quantitative estimate of drug-likeness (QED) is 0.185. The Morgan fingerprint density at radius 3 is 2.19 bits per heavy atom. The summed E-state index contributed by atoms with van der Waals surface area (Å²) < 4.78 is 50.2. The molecule has 1 saturated heterocycles. The minimum absolute atomic E-state index is 0.0208. The number of benzene rings is 1. The van der Waals surface area contributed by atoms with Crippen LogP contribution in [0.2, 0.25) is 0 Å². The molecule has 2 N–H and O–H groups in total. The van der Waals surface area contributed by atoms with Gasteiger partial charge in [-0.25, -0.2) is 28.4 Å². The van der Waals surface area contributed by atoms with Gasteiger partial charge in [0.15, 0.2) is 5.82 Å². The van der Waals surface area contributed by atoms with E-state index < -0.39 is 71.5 Å². The molecule has 1 aliphatic rings. The first-order valence-corrected chi connectivity index (χ1v) is 17.3.